The molecule has 0 fully saturated rings. The highest BCUT2D eigenvalue weighted by molar-refractivity contribution is 7.86. The van der Waals surface area contributed by atoms with Crippen LogP contribution in [0.2, 0.25) is 0 Å². The molecule has 0 spiro atoms. The van der Waals surface area contributed by atoms with Gasteiger partial charge in [0.15, 0.2) is 0 Å². The molecule has 0 aromatic heterocycles. The second-order valence-corrected chi connectivity index (χ2v) is 4.77. The molecular formula is C9H13NO3S. The summed E-state index contributed by atoms with van der Waals surface area (Å²) in [5.41, 5.74) is 7.86. The summed E-state index contributed by atoms with van der Waals surface area (Å²) in [4.78, 5) is 0. The van der Waals surface area contributed by atoms with Gasteiger partial charge in [0.25, 0.3) is 0 Å². The molecule has 0 heterocycles. The summed E-state index contributed by atoms with van der Waals surface area (Å²) < 4.78 is 26.6. The minimum Gasteiger partial charge on any atom is -0.399 e. The topological polar surface area (TPSA) is 69.4 Å². The maximum Gasteiger partial charge on any atom is 0.306 e. The lowest BCUT2D eigenvalue weighted by atomic mass is 10.1. The van der Waals surface area contributed by atoms with E-state index in [0.717, 1.165) is 17.4 Å². The summed E-state index contributed by atoms with van der Waals surface area (Å²) in [7, 11) is -3.47. The third-order valence-electron chi connectivity index (χ3n) is 2.02. The Balaban J connectivity index is 3.19. The predicted molar refractivity (Wildman–Crippen MR) is 55.8 cm³/mol. The predicted octanol–water partition coefficient (Wildman–Crippen LogP) is 1.22. The molecule has 0 amide bonds. The third kappa shape index (κ3) is 2.38. The molecular weight excluding hydrogens is 202 g/mol. The first-order valence-electron chi connectivity index (χ1n) is 4.06. The van der Waals surface area contributed by atoms with Gasteiger partial charge in [-0.15, -0.1) is 0 Å². The number of anilines is 1. The molecule has 2 N–H and O–H groups in total. The average molecular weight is 215 g/mol. The molecule has 1 aromatic rings. The summed E-state index contributed by atoms with van der Waals surface area (Å²) >= 11 is 0. The largest absolute Gasteiger partial charge is 0.399 e. The van der Waals surface area contributed by atoms with Crippen molar-refractivity contribution in [2.75, 3.05) is 12.0 Å². The summed E-state index contributed by atoms with van der Waals surface area (Å²) in [6.07, 6.45) is 1.01. The maximum absolute atomic E-state index is 10.9. The van der Waals surface area contributed by atoms with Crippen molar-refractivity contribution in [2.24, 2.45) is 0 Å². The maximum atomic E-state index is 10.9. The van der Waals surface area contributed by atoms with Crippen LogP contribution >= 0.6 is 0 Å². The van der Waals surface area contributed by atoms with E-state index in [1.807, 2.05) is 6.92 Å². The SMILES string of the molecule is Cc1c(N)ccc(OS(C)(=O)=O)c1C. The first kappa shape index (κ1) is 10.8. The van der Waals surface area contributed by atoms with E-state index in [1.54, 1.807) is 19.1 Å². The van der Waals surface area contributed by atoms with Crippen molar-refractivity contribution in [1.29, 1.82) is 0 Å². The zero-order valence-electron chi connectivity index (χ0n) is 8.37. The van der Waals surface area contributed by atoms with Crippen LogP contribution in [0.15, 0.2) is 12.1 Å². The van der Waals surface area contributed by atoms with Crippen molar-refractivity contribution < 1.29 is 12.6 Å². The van der Waals surface area contributed by atoms with Gasteiger partial charge in [-0.25, -0.2) is 0 Å². The molecule has 0 radical (unpaired) electrons. The van der Waals surface area contributed by atoms with Crippen LogP contribution in [0.25, 0.3) is 0 Å². The van der Waals surface area contributed by atoms with E-state index in [9.17, 15) is 8.42 Å². The molecule has 0 unspecified atom stereocenters. The lowest BCUT2D eigenvalue weighted by molar-refractivity contribution is 0.491. The molecule has 0 aliphatic carbocycles. The quantitative estimate of drug-likeness (QED) is 0.595. The zero-order chi connectivity index (χ0) is 10.9. The van der Waals surface area contributed by atoms with Crippen molar-refractivity contribution in [3.8, 4) is 5.75 Å². The highest BCUT2D eigenvalue weighted by Gasteiger charge is 2.09. The third-order valence-corrected chi connectivity index (χ3v) is 2.50. The first-order chi connectivity index (χ1) is 6.31. The van der Waals surface area contributed by atoms with Crippen LogP contribution in [-0.4, -0.2) is 14.7 Å². The van der Waals surface area contributed by atoms with Crippen LogP contribution in [0.1, 0.15) is 11.1 Å². The van der Waals surface area contributed by atoms with Crippen molar-refractivity contribution in [3.63, 3.8) is 0 Å². The first-order valence-corrected chi connectivity index (χ1v) is 5.88. The number of hydrogen-bond acceptors (Lipinski definition) is 4. The molecule has 14 heavy (non-hydrogen) atoms. The van der Waals surface area contributed by atoms with E-state index in [-0.39, 0.29) is 0 Å². The molecule has 0 aliphatic rings. The van der Waals surface area contributed by atoms with Crippen LogP contribution in [0.4, 0.5) is 5.69 Å². The molecule has 5 heteroatoms. The fraction of sp³-hybridized carbons (Fsp3) is 0.333. The van der Waals surface area contributed by atoms with Crippen molar-refractivity contribution in [3.05, 3.63) is 23.3 Å². The van der Waals surface area contributed by atoms with Gasteiger partial charge in [0.1, 0.15) is 5.75 Å². The highest BCUT2D eigenvalue weighted by Crippen LogP contribution is 2.26. The van der Waals surface area contributed by atoms with Crippen LogP contribution in [0, 0.1) is 13.8 Å². The smallest absolute Gasteiger partial charge is 0.306 e. The molecule has 1 rings (SSSR count). The van der Waals surface area contributed by atoms with E-state index in [4.69, 9.17) is 9.92 Å². The van der Waals surface area contributed by atoms with E-state index in [1.165, 1.54) is 0 Å². The van der Waals surface area contributed by atoms with Gasteiger partial charge in [-0.1, -0.05) is 0 Å². The summed E-state index contributed by atoms with van der Waals surface area (Å²) in [5.74, 6) is 0.333. The van der Waals surface area contributed by atoms with Crippen LogP contribution in [-0.2, 0) is 10.1 Å². The summed E-state index contributed by atoms with van der Waals surface area (Å²) in [6.45, 7) is 3.59. The molecule has 0 bridgehead atoms. The van der Waals surface area contributed by atoms with E-state index < -0.39 is 10.1 Å². The minimum atomic E-state index is -3.47. The van der Waals surface area contributed by atoms with Crippen molar-refractivity contribution in [1.82, 2.24) is 0 Å². The van der Waals surface area contributed by atoms with Gasteiger partial charge < -0.3 is 9.92 Å². The van der Waals surface area contributed by atoms with E-state index in [0.29, 0.717) is 11.4 Å². The Bertz CT molecular complexity index is 451. The van der Waals surface area contributed by atoms with Crippen molar-refractivity contribution >= 4 is 15.8 Å². The molecule has 0 saturated carbocycles. The van der Waals surface area contributed by atoms with Gasteiger partial charge in [0.2, 0.25) is 0 Å². The van der Waals surface area contributed by atoms with Gasteiger partial charge in [-0.3, -0.25) is 0 Å². The summed E-state index contributed by atoms with van der Waals surface area (Å²) in [6, 6.07) is 3.18. The van der Waals surface area contributed by atoms with E-state index >= 15 is 0 Å². The number of benzene rings is 1. The Morgan fingerprint density at radius 3 is 2.29 bits per heavy atom. The fourth-order valence-electron chi connectivity index (χ4n) is 1.07. The molecule has 4 nitrogen and oxygen atoms in total. The van der Waals surface area contributed by atoms with Gasteiger partial charge in [-0.2, -0.15) is 8.42 Å². The Morgan fingerprint density at radius 1 is 1.21 bits per heavy atom. The number of nitrogen functional groups attached to an aromatic ring is 1. The molecule has 78 valence electrons. The lowest BCUT2D eigenvalue weighted by Gasteiger charge is -2.10. The standard InChI is InChI=1S/C9H13NO3S/c1-6-7(2)9(5-4-8(6)10)13-14(3,11)12/h4-5H,10H2,1-3H3. The van der Waals surface area contributed by atoms with Crippen LogP contribution in [0.3, 0.4) is 0 Å². The Hall–Kier alpha value is -1.23. The minimum absolute atomic E-state index is 0.333. The number of hydrogen-bond donors (Lipinski definition) is 1. The van der Waals surface area contributed by atoms with Crippen LogP contribution in [0.5, 0.6) is 5.75 Å². The Labute approximate surface area is 83.8 Å². The van der Waals surface area contributed by atoms with Gasteiger partial charge in [0.05, 0.1) is 6.26 Å². The lowest BCUT2D eigenvalue weighted by Crippen LogP contribution is -2.07. The van der Waals surface area contributed by atoms with Crippen molar-refractivity contribution in [2.45, 2.75) is 13.8 Å². The number of nitrogens with two attached hydrogens (primary N) is 1. The Morgan fingerprint density at radius 2 is 1.79 bits per heavy atom. The monoisotopic (exact) mass is 215 g/mol. The average Bonchev–Trinajstić information content (AvgIpc) is 2.04. The molecule has 0 saturated heterocycles. The van der Waals surface area contributed by atoms with E-state index in [2.05, 4.69) is 0 Å². The molecule has 1 aromatic carbocycles. The van der Waals surface area contributed by atoms with Gasteiger partial charge >= 0.3 is 10.1 Å². The normalized spacial score (nSPS) is 11.4. The second kappa shape index (κ2) is 3.49. The van der Waals surface area contributed by atoms with Gasteiger partial charge in [0, 0.05) is 5.69 Å². The molecule has 0 atom stereocenters. The summed E-state index contributed by atoms with van der Waals surface area (Å²) in [5, 5.41) is 0. The highest BCUT2D eigenvalue weighted by atomic mass is 32.2. The molecule has 0 aliphatic heterocycles. The fourth-order valence-corrected chi connectivity index (χ4v) is 1.58. The zero-order valence-corrected chi connectivity index (χ0v) is 9.18. The Kier molecular flexibility index (Phi) is 2.71. The second-order valence-electron chi connectivity index (χ2n) is 3.19. The number of rotatable bonds is 2. The van der Waals surface area contributed by atoms with Gasteiger partial charge in [-0.05, 0) is 37.1 Å². The van der Waals surface area contributed by atoms with Crippen LogP contribution < -0.4 is 9.92 Å².